The van der Waals surface area contributed by atoms with Crippen molar-refractivity contribution in [3.63, 3.8) is 0 Å². The first-order chi connectivity index (χ1) is 11.9. The van der Waals surface area contributed by atoms with E-state index in [4.69, 9.17) is 9.47 Å². The number of carbonyl (C=O) groups excluding carboxylic acids is 1. The minimum atomic E-state index is -3.75. The number of methoxy groups -OCH3 is 2. The molecule has 2 N–H and O–H groups in total. The summed E-state index contributed by atoms with van der Waals surface area (Å²) in [6.07, 6.45) is 0. The van der Waals surface area contributed by atoms with E-state index in [0.717, 1.165) is 5.56 Å². The van der Waals surface area contributed by atoms with E-state index in [9.17, 15) is 13.2 Å². The molecule has 7 nitrogen and oxygen atoms in total. The van der Waals surface area contributed by atoms with Gasteiger partial charge in [-0.25, -0.2) is 13.1 Å². The molecule has 0 heterocycles. The average molecular weight is 364 g/mol. The van der Waals surface area contributed by atoms with E-state index in [1.54, 1.807) is 37.3 Å². The van der Waals surface area contributed by atoms with Gasteiger partial charge in [-0.1, -0.05) is 12.1 Å². The van der Waals surface area contributed by atoms with Gasteiger partial charge in [-0.2, -0.15) is 0 Å². The molecule has 0 unspecified atom stereocenters. The predicted octanol–water partition coefficient (Wildman–Crippen LogP) is 1.93. The van der Waals surface area contributed by atoms with Gasteiger partial charge in [0, 0.05) is 11.8 Å². The highest BCUT2D eigenvalue weighted by Crippen LogP contribution is 2.29. The first-order valence-electron chi connectivity index (χ1n) is 7.44. The van der Waals surface area contributed by atoms with Crippen molar-refractivity contribution in [3.05, 3.63) is 48.0 Å². The highest BCUT2D eigenvalue weighted by atomic mass is 32.2. The summed E-state index contributed by atoms with van der Waals surface area (Å²) < 4.78 is 36.9. The van der Waals surface area contributed by atoms with Gasteiger partial charge in [-0.05, 0) is 36.8 Å². The fraction of sp³-hybridized carbons (Fsp3) is 0.235. The summed E-state index contributed by atoms with van der Waals surface area (Å²) in [6.45, 7) is 1.41. The highest BCUT2D eigenvalue weighted by molar-refractivity contribution is 7.89. The van der Waals surface area contributed by atoms with Crippen molar-refractivity contribution in [3.8, 4) is 11.5 Å². The van der Waals surface area contributed by atoms with E-state index in [-0.39, 0.29) is 11.4 Å². The maximum atomic E-state index is 12.2. The fourth-order valence-corrected chi connectivity index (χ4v) is 3.23. The molecule has 2 aromatic carbocycles. The smallest absolute Gasteiger partial charge is 0.241 e. The lowest BCUT2D eigenvalue weighted by atomic mass is 10.2. The topological polar surface area (TPSA) is 93.7 Å². The lowest BCUT2D eigenvalue weighted by molar-refractivity contribution is -0.115. The van der Waals surface area contributed by atoms with E-state index < -0.39 is 15.9 Å². The van der Waals surface area contributed by atoms with Gasteiger partial charge in [0.05, 0.1) is 25.7 Å². The quantitative estimate of drug-likeness (QED) is 0.783. The molecular weight excluding hydrogens is 344 g/mol. The van der Waals surface area contributed by atoms with Crippen LogP contribution in [0.2, 0.25) is 0 Å². The number of aryl methyl sites for hydroxylation is 1. The molecular formula is C17H20N2O5S. The zero-order valence-corrected chi connectivity index (χ0v) is 15.0. The Bertz CT molecular complexity index is 865. The van der Waals surface area contributed by atoms with Crippen LogP contribution in [0.15, 0.2) is 47.4 Å². The minimum Gasteiger partial charge on any atom is -0.493 e. The number of sulfonamides is 1. The molecule has 0 fully saturated rings. The molecule has 0 aromatic heterocycles. The third-order valence-electron chi connectivity index (χ3n) is 3.39. The second-order valence-corrected chi connectivity index (χ2v) is 7.03. The Morgan fingerprint density at radius 1 is 1.04 bits per heavy atom. The van der Waals surface area contributed by atoms with Crippen molar-refractivity contribution in [1.29, 1.82) is 0 Å². The summed E-state index contributed by atoms with van der Waals surface area (Å²) >= 11 is 0. The molecule has 0 saturated carbocycles. The van der Waals surface area contributed by atoms with Crippen molar-refractivity contribution in [2.24, 2.45) is 0 Å². The molecule has 0 spiro atoms. The average Bonchev–Trinajstić information content (AvgIpc) is 2.60. The molecule has 1 amide bonds. The van der Waals surface area contributed by atoms with Crippen LogP contribution in [0, 0.1) is 6.92 Å². The number of carbonyl (C=O) groups is 1. The first kappa shape index (κ1) is 18.8. The zero-order valence-electron chi connectivity index (χ0n) is 14.2. The summed E-state index contributed by atoms with van der Waals surface area (Å²) in [7, 11) is -0.753. The molecule has 8 heteroatoms. The Hall–Kier alpha value is -2.58. The molecule has 134 valence electrons. The number of rotatable bonds is 7. The Labute approximate surface area is 147 Å². The number of amides is 1. The summed E-state index contributed by atoms with van der Waals surface area (Å²) in [5.41, 5.74) is 1.29. The third kappa shape index (κ3) is 4.94. The van der Waals surface area contributed by atoms with Gasteiger partial charge in [0.2, 0.25) is 15.9 Å². The molecule has 0 saturated heterocycles. The van der Waals surface area contributed by atoms with Crippen LogP contribution in [0.5, 0.6) is 11.5 Å². The summed E-state index contributed by atoms with van der Waals surface area (Å²) in [4.78, 5) is 12.1. The number of nitrogens with one attached hydrogen (secondary N) is 2. The summed E-state index contributed by atoms with van der Waals surface area (Å²) in [6, 6.07) is 11.3. The number of anilines is 1. The third-order valence-corrected chi connectivity index (χ3v) is 4.79. The number of hydrogen-bond acceptors (Lipinski definition) is 5. The van der Waals surface area contributed by atoms with Crippen LogP contribution in [0.25, 0.3) is 0 Å². The van der Waals surface area contributed by atoms with Crippen LogP contribution in [-0.2, 0) is 14.8 Å². The Balaban J connectivity index is 2.01. The van der Waals surface area contributed by atoms with Crippen molar-refractivity contribution >= 4 is 21.6 Å². The van der Waals surface area contributed by atoms with Gasteiger partial charge in [-0.3, -0.25) is 4.79 Å². The Morgan fingerprint density at radius 3 is 2.40 bits per heavy atom. The monoisotopic (exact) mass is 364 g/mol. The number of hydrogen-bond donors (Lipinski definition) is 2. The molecule has 2 rings (SSSR count). The van der Waals surface area contributed by atoms with Crippen LogP contribution in [0.3, 0.4) is 0 Å². The number of ether oxygens (including phenoxy) is 2. The standard InChI is InChI=1S/C17H20N2O5S/c1-12-5-4-6-14(9-12)25(21,22)18-11-17(20)19-13-7-8-15(23-2)16(10-13)24-3/h4-10,18H,11H2,1-3H3,(H,19,20). The fourth-order valence-electron chi connectivity index (χ4n) is 2.15. The van der Waals surface area contributed by atoms with Gasteiger partial charge in [-0.15, -0.1) is 0 Å². The van der Waals surface area contributed by atoms with Crippen LogP contribution < -0.4 is 19.5 Å². The van der Waals surface area contributed by atoms with E-state index >= 15 is 0 Å². The van der Waals surface area contributed by atoms with E-state index in [2.05, 4.69) is 10.0 Å². The summed E-state index contributed by atoms with van der Waals surface area (Å²) in [5, 5.41) is 2.60. The van der Waals surface area contributed by atoms with Gasteiger partial charge in [0.25, 0.3) is 0 Å². The Morgan fingerprint density at radius 2 is 1.76 bits per heavy atom. The second-order valence-electron chi connectivity index (χ2n) is 5.26. The molecule has 2 aromatic rings. The molecule has 25 heavy (non-hydrogen) atoms. The number of benzene rings is 2. The molecule has 0 aliphatic carbocycles. The van der Waals surface area contributed by atoms with Crippen molar-refractivity contribution in [2.75, 3.05) is 26.1 Å². The molecule has 0 bridgehead atoms. The SMILES string of the molecule is COc1ccc(NC(=O)CNS(=O)(=O)c2cccc(C)c2)cc1OC. The van der Waals surface area contributed by atoms with Gasteiger partial charge in [0.15, 0.2) is 11.5 Å². The van der Waals surface area contributed by atoms with Crippen LogP contribution in [-0.4, -0.2) is 35.1 Å². The zero-order chi connectivity index (χ0) is 18.4. The molecule has 0 radical (unpaired) electrons. The second kappa shape index (κ2) is 8.00. The van der Waals surface area contributed by atoms with Crippen LogP contribution >= 0.6 is 0 Å². The van der Waals surface area contributed by atoms with Crippen LogP contribution in [0.4, 0.5) is 5.69 Å². The highest BCUT2D eigenvalue weighted by Gasteiger charge is 2.16. The lowest BCUT2D eigenvalue weighted by Crippen LogP contribution is -2.32. The maximum Gasteiger partial charge on any atom is 0.241 e. The Kier molecular flexibility index (Phi) is 6.00. The summed E-state index contributed by atoms with van der Waals surface area (Å²) in [5.74, 6) is 0.490. The minimum absolute atomic E-state index is 0.117. The normalized spacial score (nSPS) is 11.0. The lowest BCUT2D eigenvalue weighted by Gasteiger charge is -2.11. The van der Waals surface area contributed by atoms with E-state index in [0.29, 0.717) is 17.2 Å². The molecule has 0 aliphatic heterocycles. The molecule has 0 atom stereocenters. The van der Waals surface area contributed by atoms with Gasteiger partial charge >= 0.3 is 0 Å². The largest absolute Gasteiger partial charge is 0.493 e. The maximum absolute atomic E-state index is 12.2. The van der Waals surface area contributed by atoms with Crippen molar-refractivity contribution < 1.29 is 22.7 Å². The van der Waals surface area contributed by atoms with Gasteiger partial charge < -0.3 is 14.8 Å². The van der Waals surface area contributed by atoms with Crippen LogP contribution in [0.1, 0.15) is 5.56 Å². The van der Waals surface area contributed by atoms with Crippen molar-refractivity contribution in [2.45, 2.75) is 11.8 Å². The first-order valence-corrected chi connectivity index (χ1v) is 8.92. The van der Waals surface area contributed by atoms with Crippen molar-refractivity contribution in [1.82, 2.24) is 4.72 Å². The predicted molar refractivity (Wildman–Crippen MR) is 94.5 cm³/mol. The van der Waals surface area contributed by atoms with E-state index in [1.165, 1.54) is 26.4 Å². The van der Waals surface area contributed by atoms with Gasteiger partial charge in [0.1, 0.15) is 0 Å². The van der Waals surface area contributed by atoms with E-state index in [1.807, 2.05) is 0 Å². The molecule has 0 aliphatic rings.